The van der Waals surface area contributed by atoms with Crippen molar-refractivity contribution in [2.75, 3.05) is 18.5 Å². The SMILES string of the molecule is CC(C)CNCc1cc(N(C)C2CC2)ccn1. The first-order valence-corrected chi connectivity index (χ1v) is 6.55. The molecular formula is C14H23N3. The van der Waals surface area contributed by atoms with Crippen LogP contribution in [0.25, 0.3) is 0 Å². The molecule has 2 rings (SSSR count). The molecule has 3 nitrogen and oxygen atoms in total. The number of aromatic nitrogens is 1. The van der Waals surface area contributed by atoms with E-state index in [1.54, 1.807) is 0 Å². The van der Waals surface area contributed by atoms with Gasteiger partial charge in [-0.05, 0) is 37.4 Å². The highest BCUT2D eigenvalue weighted by Crippen LogP contribution is 2.29. The maximum absolute atomic E-state index is 4.41. The summed E-state index contributed by atoms with van der Waals surface area (Å²) < 4.78 is 0. The number of hydrogen-bond acceptors (Lipinski definition) is 3. The molecule has 1 fully saturated rings. The zero-order chi connectivity index (χ0) is 12.3. The predicted molar refractivity (Wildman–Crippen MR) is 72.2 cm³/mol. The Morgan fingerprint density at radius 2 is 2.24 bits per heavy atom. The molecule has 3 heteroatoms. The van der Waals surface area contributed by atoms with Crippen molar-refractivity contribution in [3.63, 3.8) is 0 Å². The summed E-state index contributed by atoms with van der Waals surface area (Å²) in [5.74, 6) is 0.687. The Bertz CT molecular complexity index is 358. The maximum Gasteiger partial charge on any atom is 0.0562 e. The monoisotopic (exact) mass is 233 g/mol. The first-order chi connectivity index (χ1) is 8.16. The summed E-state index contributed by atoms with van der Waals surface area (Å²) in [6, 6.07) is 5.06. The molecule has 94 valence electrons. The fourth-order valence-electron chi connectivity index (χ4n) is 1.94. The zero-order valence-electron chi connectivity index (χ0n) is 11.1. The Morgan fingerprint density at radius 1 is 1.47 bits per heavy atom. The summed E-state index contributed by atoms with van der Waals surface area (Å²) in [6.07, 6.45) is 4.58. The van der Waals surface area contributed by atoms with Gasteiger partial charge in [0.2, 0.25) is 0 Å². The first kappa shape index (κ1) is 12.4. The Balaban J connectivity index is 1.91. The van der Waals surface area contributed by atoms with Crippen LogP contribution in [0.4, 0.5) is 5.69 Å². The van der Waals surface area contributed by atoms with Crippen molar-refractivity contribution in [3.8, 4) is 0 Å². The topological polar surface area (TPSA) is 28.2 Å². The second-order valence-corrected chi connectivity index (χ2v) is 5.37. The molecular weight excluding hydrogens is 210 g/mol. The van der Waals surface area contributed by atoms with E-state index in [1.165, 1.54) is 18.5 Å². The lowest BCUT2D eigenvalue weighted by Gasteiger charge is -2.19. The first-order valence-electron chi connectivity index (χ1n) is 6.55. The number of anilines is 1. The molecule has 1 saturated carbocycles. The van der Waals surface area contributed by atoms with Crippen molar-refractivity contribution < 1.29 is 0 Å². The van der Waals surface area contributed by atoms with Gasteiger partial charge in [-0.2, -0.15) is 0 Å². The van der Waals surface area contributed by atoms with Crippen LogP contribution in [0.15, 0.2) is 18.3 Å². The summed E-state index contributed by atoms with van der Waals surface area (Å²) in [5, 5.41) is 3.43. The van der Waals surface area contributed by atoms with E-state index in [2.05, 4.69) is 48.2 Å². The van der Waals surface area contributed by atoms with Gasteiger partial charge < -0.3 is 10.2 Å². The molecule has 0 atom stereocenters. The fraction of sp³-hybridized carbons (Fsp3) is 0.643. The van der Waals surface area contributed by atoms with E-state index in [4.69, 9.17) is 0 Å². The van der Waals surface area contributed by atoms with E-state index in [9.17, 15) is 0 Å². The Hall–Kier alpha value is -1.09. The minimum Gasteiger partial charge on any atom is -0.372 e. The number of rotatable bonds is 6. The van der Waals surface area contributed by atoms with E-state index in [-0.39, 0.29) is 0 Å². The molecule has 0 amide bonds. The van der Waals surface area contributed by atoms with E-state index >= 15 is 0 Å². The summed E-state index contributed by atoms with van der Waals surface area (Å²) >= 11 is 0. The van der Waals surface area contributed by atoms with Crippen LogP contribution in [-0.2, 0) is 6.54 Å². The Morgan fingerprint density at radius 3 is 2.88 bits per heavy atom. The van der Waals surface area contributed by atoms with Gasteiger partial charge in [0, 0.05) is 31.5 Å². The average molecular weight is 233 g/mol. The van der Waals surface area contributed by atoms with Gasteiger partial charge in [-0.1, -0.05) is 13.8 Å². The van der Waals surface area contributed by atoms with E-state index in [0.717, 1.165) is 24.8 Å². The van der Waals surface area contributed by atoms with E-state index < -0.39 is 0 Å². The van der Waals surface area contributed by atoms with Crippen molar-refractivity contribution in [1.29, 1.82) is 0 Å². The molecule has 0 unspecified atom stereocenters. The summed E-state index contributed by atoms with van der Waals surface area (Å²) in [7, 11) is 2.18. The molecule has 0 aliphatic heterocycles. The summed E-state index contributed by atoms with van der Waals surface area (Å²) in [4.78, 5) is 6.78. The maximum atomic E-state index is 4.41. The molecule has 0 saturated heterocycles. The van der Waals surface area contributed by atoms with Crippen LogP contribution in [0.3, 0.4) is 0 Å². The molecule has 1 aromatic heterocycles. The van der Waals surface area contributed by atoms with Crippen molar-refractivity contribution in [1.82, 2.24) is 10.3 Å². The van der Waals surface area contributed by atoms with Gasteiger partial charge in [-0.3, -0.25) is 4.98 Å². The van der Waals surface area contributed by atoms with Crippen LogP contribution in [0.2, 0.25) is 0 Å². The second-order valence-electron chi connectivity index (χ2n) is 5.37. The summed E-state index contributed by atoms with van der Waals surface area (Å²) in [6.45, 7) is 6.35. The third-order valence-electron chi connectivity index (χ3n) is 3.16. The molecule has 0 bridgehead atoms. The van der Waals surface area contributed by atoms with Gasteiger partial charge >= 0.3 is 0 Å². The standard InChI is InChI=1S/C14H23N3/c1-11(2)9-15-10-12-8-14(6-7-16-12)17(3)13-4-5-13/h6-8,11,13,15H,4-5,9-10H2,1-3H3. The number of hydrogen-bond donors (Lipinski definition) is 1. The molecule has 1 aromatic rings. The largest absolute Gasteiger partial charge is 0.372 e. The van der Waals surface area contributed by atoms with Gasteiger partial charge in [0.05, 0.1) is 5.69 Å². The molecule has 0 radical (unpaired) electrons. The smallest absolute Gasteiger partial charge is 0.0562 e. The summed E-state index contributed by atoms with van der Waals surface area (Å²) in [5.41, 5.74) is 2.43. The van der Waals surface area contributed by atoms with Crippen molar-refractivity contribution >= 4 is 5.69 Å². The highest BCUT2D eigenvalue weighted by atomic mass is 15.2. The van der Waals surface area contributed by atoms with Crippen LogP contribution >= 0.6 is 0 Å². The minimum absolute atomic E-state index is 0.687. The van der Waals surface area contributed by atoms with Crippen LogP contribution in [0.5, 0.6) is 0 Å². The molecule has 1 aliphatic rings. The zero-order valence-corrected chi connectivity index (χ0v) is 11.1. The van der Waals surface area contributed by atoms with Gasteiger partial charge in [0.25, 0.3) is 0 Å². The second kappa shape index (κ2) is 5.50. The van der Waals surface area contributed by atoms with Gasteiger partial charge in [0.1, 0.15) is 0 Å². The van der Waals surface area contributed by atoms with Crippen LogP contribution < -0.4 is 10.2 Å². The third kappa shape index (κ3) is 3.70. The van der Waals surface area contributed by atoms with Gasteiger partial charge in [0.15, 0.2) is 0 Å². The lowest BCUT2D eigenvalue weighted by atomic mass is 10.2. The van der Waals surface area contributed by atoms with Gasteiger partial charge in [-0.25, -0.2) is 0 Å². The van der Waals surface area contributed by atoms with E-state index in [0.29, 0.717) is 5.92 Å². The quantitative estimate of drug-likeness (QED) is 0.818. The highest BCUT2D eigenvalue weighted by Gasteiger charge is 2.26. The van der Waals surface area contributed by atoms with Crippen LogP contribution in [0.1, 0.15) is 32.4 Å². The molecule has 0 aromatic carbocycles. The number of nitrogens with one attached hydrogen (secondary N) is 1. The van der Waals surface area contributed by atoms with Crippen molar-refractivity contribution in [2.24, 2.45) is 5.92 Å². The van der Waals surface area contributed by atoms with Crippen LogP contribution in [-0.4, -0.2) is 24.6 Å². The number of pyridine rings is 1. The molecule has 0 spiro atoms. The number of nitrogens with zero attached hydrogens (tertiary/aromatic N) is 2. The lowest BCUT2D eigenvalue weighted by Crippen LogP contribution is -2.21. The normalized spacial score (nSPS) is 15.3. The predicted octanol–water partition coefficient (Wildman–Crippen LogP) is 2.43. The third-order valence-corrected chi connectivity index (χ3v) is 3.16. The Kier molecular flexibility index (Phi) is 4.00. The van der Waals surface area contributed by atoms with Crippen molar-refractivity contribution in [3.05, 3.63) is 24.0 Å². The lowest BCUT2D eigenvalue weighted by molar-refractivity contribution is 0.548. The molecule has 1 heterocycles. The Labute approximate surface area is 104 Å². The fourth-order valence-corrected chi connectivity index (χ4v) is 1.94. The van der Waals surface area contributed by atoms with Crippen LogP contribution in [0, 0.1) is 5.92 Å². The molecule has 1 aliphatic carbocycles. The van der Waals surface area contributed by atoms with Gasteiger partial charge in [-0.15, -0.1) is 0 Å². The molecule has 1 N–H and O–H groups in total. The minimum atomic E-state index is 0.687. The van der Waals surface area contributed by atoms with E-state index in [1.807, 2.05) is 6.20 Å². The highest BCUT2D eigenvalue weighted by molar-refractivity contribution is 5.47. The van der Waals surface area contributed by atoms with Crippen molar-refractivity contribution in [2.45, 2.75) is 39.3 Å². The molecule has 17 heavy (non-hydrogen) atoms. The average Bonchev–Trinajstić information content (AvgIpc) is 3.12.